The molecule has 106 valence electrons. The molecule has 1 heterocycles. The van der Waals surface area contributed by atoms with E-state index in [1.165, 1.54) is 0 Å². The molecule has 0 saturated carbocycles. The predicted octanol–water partition coefficient (Wildman–Crippen LogP) is 2.22. The van der Waals surface area contributed by atoms with E-state index in [2.05, 4.69) is 15.5 Å². The molecule has 2 rings (SSSR count). The Morgan fingerprint density at radius 1 is 1.20 bits per heavy atom. The normalized spacial score (nSPS) is 10.3. The van der Waals surface area contributed by atoms with E-state index in [0.29, 0.717) is 6.54 Å². The van der Waals surface area contributed by atoms with Crippen LogP contribution in [0.3, 0.4) is 0 Å². The van der Waals surface area contributed by atoms with E-state index in [1.54, 1.807) is 7.11 Å². The second-order valence-corrected chi connectivity index (χ2v) is 4.56. The fourth-order valence-electron chi connectivity index (χ4n) is 1.94. The molecular formula is C15H20N4O. The Morgan fingerprint density at radius 2 is 2.05 bits per heavy atom. The summed E-state index contributed by atoms with van der Waals surface area (Å²) in [4.78, 5) is 0. The van der Waals surface area contributed by atoms with Crippen molar-refractivity contribution in [2.75, 3.05) is 25.5 Å². The third-order valence-electron chi connectivity index (χ3n) is 3.04. The third kappa shape index (κ3) is 3.45. The van der Waals surface area contributed by atoms with Gasteiger partial charge in [0.1, 0.15) is 11.6 Å². The van der Waals surface area contributed by atoms with E-state index in [0.717, 1.165) is 41.4 Å². The minimum Gasteiger partial charge on any atom is -0.496 e. The molecule has 0 radical (unpaired) electrons. The van der Waals surface area contributed by atoms with E-state index in [9.17, 15) is 0 Å². The second kappa shape index (κ2) is 6.86. The number of anilines is 1. The van der Waals surface area contributed by atoms with Crippen molar-refractivity contribution in [2.24, 2.45) is 5.73 Å². The van der Waals surface area contributed by atoms with Crippen molar-refractivity contribution in [2.45, 2.75) is 13.3 Å². The Balaban J connectivity index is 2.11. The summed E-state index contributed by atoms with van der Waals surface area (Å²) in [6.45, 7) is 3.49. The highest BCUT2D eigenvalue weighted by Crippen LogP contribution is 2.24. The number of nitrogens with zero attached hydrogens (tertiary/aromatic N) is 2. The zero-order chi connectivity index (χ0) is 14.4. The van der Waals surface area contributed by atoms with Crippen LogP contribution in [0.4, 0.5) is 5.82 Å². The maximum Gasteiger partial charge on any atom is 0.148 e. The first-order valence-electron chi connectivity index (χ1n) is 6.67. The summed E-state index contributed by atoms with van der Waals surface area (Å²) >= 11 is 0. The number of aryl methyl sites for hydroxylation is 1. The lowest BCUT2D eigenvalue weighted by Gasteiger charge is -2.08. The van der Waals surface area contributed by atoms with Crippen molar-refractivity contribution in [3.63, 3.8) is 0 Å². The van der Waals surface area contributed by atoms with Crippen molar-refractivity contribution in [1.29, 1.82) is 0 Å². The van der Waals surface area contributed by atoms with E-state index in [1.807, 2.05) is 37.3 Å². The van der Waals surface area contributed by atoms with Gasteiger partial charge in [-0.25, -0.2) is 0 Å². The van der Waals surface area contributed by atoms with Gasteiger partial charge in [-0.15, -0.1) is 10.2 Å². The average molecular weight is 272 g/mol. The first-order valence-corrected chi connectivity index (χ1v) is 6.67. The zero-order valence-electron chi connectivity index (χ0n) is 11.9. The van der Waals surface area contributed by atoms with Gasteiger partial charge in [-0.1, -0.05) is 0 Å². The van der Waals surface area contributed by atoms with Crippen molar-refractivity contribution in [3.05, 3.63) is 35.9 Å². The first-order chi connectivity index (χ1) is 9.74. The molecule has 5 heteroatoms. The van der Waals surface area contributed by atoms with Gasteiger partial charge in [0.2, 0.25) is 0 Å². The number of hydrogen-bond donors (Lipinski definition) is 2. The van der Waals surface area contributed by atoms with E-state index < -0.39 is 0 Å². The first kappa shape index (κ1) is 14.3. The molecule has 0 bridgehead atoms. The molecule has 0 unspecified atom stereocenters. The molecule has 1 aromatic carbocycles. The topological polar surface area (TPSA) is 73.1 Å². The van der Waals surface area contributed by atoms with Crippen LogP contribution in [-0.4, -0.2) is 30.4 Å². The van der Waals surface area contributed by atoms with Gasteiger partial charge in [0.25, 0.3) is 0 Å². The van der Waals surface area contributed by atoms with Crippen LogP contribution in [0.15, 0.2) is 30.3 Å². The molecular weight excluding hydrogens is 252 g/mol. The molecule has 0 saturated heterocycles. The Morgan fingerprint density at radius 3 is 2.65 bits per heavy atom. The molecule has 2 aromatic rings. The molecule has 0 atom stereocenters. The molecule has 0 fully saturated rings. The van der Waals surface area contributed by atoms with Gasteiger partial charge < -0.3 is 15.8 Å². The van der Waals surface area contributed by atoms with Crippen LogP contribution in [0.25, 0.3) is 11.3 Å². The highest BCUT2D eigenvalue weighted by molar-refractivity contribution is 5.62. The highest BCUT2D eigenvalue weighted by Gasteiger charge is 2.04. The maximum atomic E-state index is 5.44. The Hall–Kier alpha value is -2.14. The predicted molar refractivity (Wildman–Crippen MR) is 80.9 cm³/mol. The summed E-state index contributed by atoms with van der Waals surface area (Å²) in [5, 5.41) is 11.6. The minimum atomic E-state index is 0.670. The van der Waals surface area contributed by atoms with Gasteiger partial charge >= 0.3 is 0 Å². The van der Waals surface area contributed by atoms with Gasteiger partial charge in [0.05, 0.1) is 12.8 Å². The van der Waals surface area contributed by atoms with Crippen molar-refractivity contribution in [3.8, 4) is 17.0 Å². The molecule has 5 nitrogen and oxygen atoms in total. The molecule has 20 heavy (non-hydrogen) atoms. The number of benzene rings is 1. The van der Waals surface area contributed by atoms with Crippen molar-refractivity contribution >= 4 is 5.82 Å². The highest BCUT2D eigenvalue weighted by atomic mass is 16.5. The van der Waals surface area contributed by atoms with Crippen LogP contribution in [0.2, 0.25) is 0 Å². The zero-order valence-corrected chi connectivity index (χ0v) is 11.9. The van der Waals surface area contributed by atoms with Gasteiger partial charge in [0.15, 0.2) is 0 Å². The molecule has 0 aliphatic carbocycles. The number of ether oxygens (including phenoxy) is 1. The standard InChI is InChI=1S/C15H20N4O/c1-11-10-12(4-6-14(11)20-2)13-5-7-15(19-18-13)17-9-3-8-16/h4-7,10H,3,8-9,16H2,1-2H3,(H,17,19). The summed E-state index contributed by atoms with van der Waals surface area (Å²) in [5.41, 5.74) is 8.40. The maximum absolute atomic E-state index is 5.44. The molecule has 1 aromatic heterocycles. The largest absolute Gasteiger partial charge is 0.496 e. The van der Waals surface area contributed by atoms with Crippen LogP contribution in [0, 0.1) is 6.92 Å². The van der Waals surface area contributed by atoms with Crippen LogP contribution in [0.1, 0.15) is 12.0 Å². The van der Waals surface area contributed by atoms with Crippen LogP contribution < -0.4 is 15.8 Å². The lowest BCUT2D eigenvalue weighted by molar-refractivity contribution is 0.412. The number of rotatable bonds is 6. The molecule has 3 N–H and O–H groups in total. The molecule has 0 amide bonds. The SMILES string of the molecule is COc1ccc(-c2ccc(NCCCN)nn2)cc1C. The summed E-state index contributed by atoms with van der Waals surface area (Å²) in [7, 11) is 1.67. The second-order valence-electron chi connectivity index (χ2n) is 4.56. The Kier molecular flexibility index (Phi) is 4.90. The van der Waals surface area contributed by atoms with Gasteiger partial charge in [-0.05, 0) is 55.8 Å². The Bertz CT molecular complexity index is 554. The molecule has 0 aliphatic rings. The number of nitrogens with two attached hydrogens (primary N) is 1. The lowest BCUT2D eigenvalue weighted by Crippen LogP contribution is -2.09. The van der Waals surface area contributed by atoms with E-state index in [-0.39, 0.29) is 0 Å². The summed E-state index contributed by atoms with van der Waals surface area (Å²) in [5.74, 6) is 1.65. The van der Waals surface area contributed by atoms with Crippen molar-refractivity contribution < 1.29 is 4.74 Å². The minimum absolute atomic E-state index is 0.670. The number of aromatic nitrogens is 2. The van der Waals surface area contributed by atoms with Gasteiger partial charge in [-0.2, -0.15) is 0 Å². The molecule has 0 spiro atoms. The van der Waals surface area contributed by atoms with E-state index in [4.69, 9.17) is 10.5 Å². The van der Waals surface area contributed by atoms with Crippen LogP contribution >= 0.6 is 0 Å². The average Bonchev–Trinajstić information content (AvgIpc) is 2.48. The number of methoxy groups -OCH3 is 1. The summed E-state index contributed by atoms with van der Waals surface area (Å²) < 4.78 is 5.25. The number of nitrogens with one attached hydrogen (secondary N) is 1. The third-order valence-corrected chi connectivity index (χ3v) is 3.04. The van der Waals surface area contributed by atoms with Crippen molar-refractivity contribution in [1.82, 2.24) is 10.2 Å². The van der Waals surface area contributed by atoms with Gasteiger partial charge in [0, 0.05) is 12.1 Å². The lowest BCUT2D eigenvalue weighted by atomic mass is 10.1. The van der Waals surface area contributed by atoms with E-state index >= 15 is 0 Å². The number of hydrogen-bond acceptors (Lipinski definition) is 5. The fraction of sp³-hybridized carbons (Fsp3) is 0.333. The van der Waals surface area contributed by atoms with Crippen LogP contribution in [-0.2, 0) is 0 Å². The quantitative estimate of drug-likeness (QED) is 0.789. The monoisotopic (exact) mass is 272 g/mol. The summed E-state index contributed by atoms with van der Waals surface area (Å²) in [6, 6.07) is 9.86. The van der Waals surface area contributed by atoms with Crippen LogP contribution in [0.5, 0.6) is 5.75 Å². The fourth-order valence-corrected chi connectivity index (χ4v) is 1.94. The Labute approximate surface area is 119 Å². The smallest absolute Gasteiger partial charge is 0.148 e. The summed E-state index contributed by atoms with van der Waals surface area (Å²) in [6.07, 6.45) is 0.918. The van der Waals surface area contributed by atoms with Gasteiger partial charge in [-0.3, -0.25) is 0 Å². The molecule has 0 aliphatic heterocycles.